The number of amides is 1. The van der Waals surface area contributed by atoms with Crippen molar-refractivity contribution in [2.24, 2.45) is 7.05 Å². The van der Waals surface area contributed by atoms with Crippen LogP contribution in [0.5, 0.6) is 0 Å². The van der Waals surface area contributed by atoms with Crippen molar-refractivity contribution in [3.63, 3.8) is 0 Å². The third-order valence-electron chi connectivity index (χ3n) is 4.09. The second-order valence-corrected chi connectivity index (χ2v) is 6.17. The van der Waals surface area contributed by atoms with Gasteiger partial charge in [-0.25, -0.2) is 0 Å². The van der Waals surface area contributed by atoms with Gasteiger partial charge >= 0.3 is 0 Å². The first-order valence-electron chi connectivity index (χ1n) is 8.09. The van der Waals surface area contributed by atoms with Crippen molar-refractivity contribution in [3.8, 4) is 17.5 Å². The fourth-order valence-electron chi connectivity index (χ4n) is 2.70. The molecule has 6 nitrogen and oxygen atoms in total. The van der Waals surface area contributed by atoms with Crippen molar-refractivity contribution in [1.82, 2.24) is 15.1 Å². The standard InChI is InChI=1S/C19H16N4O2/c1-23-11-14(8-13(10-20)19(24)21-15-6-7-15)18(22-23)17-9-12-4-2-3-5-16(12)25-17/h2-5,8-9,11,15H,6-7H2,1H3,(H,21,24). The molecule has 4 rings (SSSR count). The van der Waals surface area contributed by atoms with Crippen LogP contribution in [-0.4, -0.2) is 21.7 Å². The maximum Gasteiger partial charge on any atom is 0.262 e. The number of hydrogen-bond acceptors (Lipinski definition) is 4. The summed E-state index contributed by atoms with van der Waals surface area (Å²) in [6, 6.07) is 11.8. The van der Waals surface area contributed by atoms with E-state index in [9.17, 15) is 10.1 Å². The lowest BCUT2D eigenvalue weighted by molar-refractivity contribution is -0.117. The molecule has 0 unspecified atom stereocenters. The summed E-state index contributed by atoms with van der Waals surface area (Å²) in [5.41, 5.74) is 2.11. The Kier molecular flexibility index (Phi) is 3.62. The number of furan rings is 1. The molecular weight excluding hydrogens is 316 g/mol. The zero-order chi connectivity index (χ0) is 17.4. The van der Waals surface area contributed by atoms with Crippen LogP contribution in [0.4, 0.5) is 0 Å². The van der Waals surface area contributed by atoms with E-state index in [0.29, 0.717) is 17.0 Å². The van der Waals surface area contributed by atoms with Gasteiger partial charge in [0.2, 0.25) is 0 Å². The van der Waals surface area contributed by atoms with Crippen molar-refractivity contribution < 1.29 is 9.21 Å². The Morgan fingerprint density at radius 2 is 2.24 bits per heavy atom. The van der Waals surface area contributed by atoms with Gasteiger partial charge in [0.05, 0.1) is 0 Å². The maximum atomic E-state index is 12.2. The highest BCUT2D eigenvalue weighted by Crippen LogP contribution is 2.30. The van der Waals surface area contributed by atoms with Crippen molar-refractivity contribution in [2.75, 3.05) is 0 Å². The van der Waals surface area contributed by atoms with E-state index >= 15 is 0 Å². The first-order valence-corrected chi connectivity index (χ1v) is 8.09. The molecule has 0 radical (unpaired) electrons. The van der Waals surface area contributed by atoms with E-state index in [0.717, 1.165) is 23.8 Å². The molecule has 1 aromatic carbocycles. The minimum atomic E-state index is -0.343. The van der Waals surface area contributed by atoms with Gasteiger partial charge < -0.3 is 9.73 Å². The number of carbonyl (C=O) groups excluding carboxylic acids is 1. The number of para-hydroxylation sites is 1. The molecular formula is C19H16N4O2. The van der Waals surface area contributed by atoms with Crippen molar-refractivity contribution in [1.29, 1.82) is 5.26 Å². The summed E-state index contributed by atoms with van der Waals surface area (Å²) in [7, 11) is 1.79. The number of carbonyl (C=O) groups is 1. The predicted octanol–water partition coefficient (Wildman–Crippen LogP) is 3.02. The van der Waals surface area contributed by atoms with E-state index in [4.69, 9.17) is 4.42 Å². The molecule has 1 saturated carbocycles. The van der Waals surface area contributed by atoms with Gasteiger partial charge in [0.25, 0.3) is 5.91 Å². The number of rotatable bonds is 4. The van der Waals surface area contributed by atoms with Crippen LogP contribution in [0.15, 0.2) is 46.5 Å². The van der Waals surface area contributed by atoms with Crippen molar-refractivity contribution in [3.05, 3.63) is 47.7 Å². The Hall–Kier alpha value is -3.33. The molecule has 1 aliphatic rings. The third-order valence-corrected chi connectivity index (χ3v) is 4.09. The number of benzene rings is 1. The molecule has 0 atom stereocenters. The maximum absolute atomic E-state index is 12.2. The molecule has 3 aromatic rings. The SMILES string of the molecule is Cn1cc(C=C(C#N)C(=O)NC2CC2)c(-c2cc3ccccc3o2)n1. The number of fused-ring (bicyclic) bond motifs is 1. The summed E-state index contributed by atoms with van der Waals surface area (Å²) < 4.78 is 7.51. The molecule has 1 N–H and O–H groups in total. The van der Waals surface area contributed by atoms with Gasteiger partial charge in [0.1, 0.15) is 22.9 Å². The van der Waals surface area contributed by atoms with Crippen LogP contribution >= 0.6 is 0 Å². The summed E-state index contributed by atoms with van der Waals surface area (Å²) in [5.74, 6) is 0.261. The van der Waals surface area contributed by atoms with E-state index < -0.39 is 0 Å². The van der Waals surface area contributed by atoms with Gasteiger partial charge in [0.15, 0.2) is 5.76 Å². The predicted molar refractivity (Wildman–Crippen MR) is 93.2 cm³/mol. The Bertz CT molecular complexity index is 998. The normalized spacial score (nSPS) is 14.5. The summed E-state index contributed by atoms with van der Waals surface area (Å²) in [5, 5.41) is 17.6. The Balaban J connectivity index is 1.74. The molecule has 124 valence electrons. The number of nitrogens with one attached hydrogen (secondary N) is 1. The quantitative estimate of drug-likeness (QED) is 0.588. The van der Waals surface area contributed by atoms with Gasteiger partial charge in [-0.2, -0.15) is 10.4 Å². The zero-order valence-corrected chi connectivity index (χ0v) is 13.7. The highest BCUT2D eigenvalue weighted by molar-refractivity contribution is 6.02. The van der Waals surface area contributed by atoms with Crippen LogP contribution in [-0.2, 0) is 11.8 Å². The van der Waals surface area contributed by atoms with Crippen molar-refractivity contribution in [2.45, 2.75) is 18.9 Å². The summed E-state index contributed by atoms with van der Waals surface area (Å²) in [4.78, 5) is 12.2. The van der Waals surface area contributed by atoms with Crippen LogP contribution in [0.25, 0.3) is 28.5 Å². The Morgan fingerprint density at radius 1 is 1.44 bits per heavy atom. The van der Waals surface area contributed by atoms with Gasteiger partial charge in [-0.15, -0.1) is 0 Å². The smallest absolute Gasteiger partial charge is 0.262 e. The highest BCUT2D eigenvalue weighted by atomic mass is 16.3. The third kappa shape index (κ3) is 3.04. The molecule has 6 heteroatoms. The summed E-state index contributed by atoms with van der Waals surface area (Å²) in [6.07, 6.45) is 5.28. The molecule has 1 fully saturated rings. The van der Waals surface area contributed by atoms with Gasteiger partial charge in [-0.1, -0.05) is 18.2 Å². The molecule has 1 amide bonds. The largest absolute Gasteiger partial charge is 0.454 e. The molecule has 0 spiro atoms. The first-order chi connectivity index (χ1) is 12.1. The van der Waals surface area contributed by atoms with Crippen LogP contribution in [0.2, 0.25) is 0 Å². The fourth-order valence-corrected chi connectivity index (χ4v) is 2.70. The van der Waals surface area contributed by atoms with Gasteiger partial charge in [0, 0.05) is 30.2 Å². The zero-order valence-electron chi connectivity index (χ0n) is 13.7. The molecule has 0 saturated heterocycles. The van der Waals surface area contributed by atoms with Crippen molar-refractivity contribution >= 4 is 23.0 Å². The minimum Gasteiger partial charge on any atom is -0.454 e. The van der Waals surface area contributed by atoms with E-state index in [1.165, 1.54) is 0 Å². The Morgan fingerprint density at radius 3 is 2.96 bits per heavy atom. The second-order valence-electron chi connectivity index (χ2n) is 6.17. The van der Waals surface area contributed by atoms with Gasteiger partial charge in [-0.05, 0) is 31.1 Å². The van der Waals surface area contributed by atoms with E-state index in [1.54, 1.807) is 24.0 Å². The second kappa shape index (κ2) is 5.95. The molecule has 1 aliphatic carbocycles. The number of aromatic nitrogens is 2. The van der Waals surface area contributed by atoms with Gasteiger partial charge in [-0.3, -0.25) is 9.48 Å². The van der Waals surface area contributed by atoms with E-state index in [-0.39, 0.29) is 17.5 Å². The number of nitrogens with zero attached hydrogens (tertiary/aromatic N) is 3. The molecule has 2 aromatic heterocycles. The lowest BCUT2D eigenvalue weighted by Crippen LogP contribution is -2.26. The Labute approximate surface area is 144 Å². The molecule has 25 heavy (non-hydrogen) atoms. The van der Waals surface area contributed by atoms with Crippen LogP contribution in [0, 0.1) is 11.3 Å². The number of hydrogen-bond donors (Lipinski definition) is 1. The lowest BCUT2D eigenvalue weighted by atomic mass is 10.1. The van der Waals surface area contributed by atoms with Crippen LogP contribution < -0.4 is 5.32 Å². The molecule has 0 bridgehead atoms. The first kappa shape index (κ1) is 15.2. The molecule has 0 aliphatic heterocycles. The molecule has 2 heterocycles. The fraction of sp³-hybridized carbons (Fsp3) is 0.211. The van der Waals surface area contributed by atoms with E-state index in [1.807, 2.05) is 36.4 Å². The summed E-state index contributed by atoms with van der Waals surface area (Å²) in [6.45, 7) is 0. The number of aryl methyl sites for hydroxylation is 1. The average Bonchev–Trinajstić information content (AvgIpc) is 3.18. The number of nitriles is 1. The average molecular weight is 332 g/mol. The highest BCUT2D eigenvalue weighted by Gasteiger charge is 2.25. The monoisotopic (exact) mass is 332 g/mol. The van der Waals surface area contributed by atoms with E-state index in [2.05, 4.69) is 10.4 Å². The summed E-state index contributed by atoms with van der Waals surface area (Å²) >= 11 is 0. The topological polar surface area (TPSA) is 83.9 Å². The minimum absolute atomic E-state index is 0.0669. The van der Waals surface area contributed by atoms with Crippen LogP contribution in [0.1, 0.15) is 18.4 Å². The lowest BCUT2D eigenvalue weighted by Gasteiger charge is -2.01. The van der Waals surface area contributed by atoms with Crippen LogP contribution in [0.3, 0.4) is 0 Å².